The third-order valence-electron chi connectivity index (χ3n) is 6.43. The van der Waals surface area contributed by atoms with Crippen molar-refractivity contribution in [3.63, 3.8) is 0 Å². The molecule has 0 aromatic heterocycles. The van der Waals surface area contributed by atoms with Crippen LogP contribution in [0, 0.1) is 0 Å². The maximum atomic E-state index is 13.7. The number of methoxy groups -OCH3 is 1. The lowest BCUT2D eigenvalue weighted by Crippen LogP contribution is -2.49. The molecule has 3 aromatic carbocycles. The molecule has 192 valence electrons. The van der Waals surface area contributed by atoms with E-state index in [9.17, 15) is 14.4 Å². The molecule has 1 saturated heterocycles. The first-order valence-electron chi connectivity index (χ1n) is 12.2. The van der Waals surface area contributed by atoms with Gasteiger partial charge >= 0.3 is 6.09 Å². The third-order valence-corrected chi connectivity index (χ3v) is 6.43. The lowest BCUT2D eigenvalue weighted by molar-refractivity contribution is -0.140. The summed E-state index contributed by atoms with van der Waals surface area (Å²) in [5.74, 6) is 0.00157. The second-order valence-corrected chi connectivity index (χ2v) is 8.87. The highest BCUT2D eigenvalue weighted by Gasteiger charge is 2.40. The van der Waals surface area contributed by atoms with Gasteiger partial charge in [-0.05, 0) is 48.2 Å². The van der Waals surface area contributed by atoms with Crippen molar-refractivity contribution in [2.75, 3.05) is 26.0 Å². The molecule has 3 amide bonds. The number of hydrogen-bond acceptors (Lipinski definition) is 5. The van der Waals surface area contributed by atoms with Gasteiger partial charge in [0, 0.05) is 19.3 Å². The Bertz CT molecular complexity index is 1200. The quantitative estimate of drug-likeness (QED) is 0.486. The molecule has 0 saturated carbocycles. The molecular weight excluding hydrogens is 470 g/mol. The number of anilines is 1. The first kappa shape index (κ1) is 25.8. The van der Waals surface area contributed by atoms with Gasteiger partial charge in [0.05, 0.1) is 7.11 Å². The monoisotopic (exact) mass is 501 g/mol. The van der Waals surface area contributed by atoms with Crippen molar-refractivity contribution < 1.29 is 23.9 Å². The lowest BCUT2D eigenvalue weighted by atomic mass is 10.0. The Balaban J connectivity index is 1.49. The molecule has 3 aromatic rings. The number of likely N-dealkylation sites (tertiary alicyclic amines) is 1. The van der Waals surface area contributed by atoms with Crippen LogP contribution in [0.4, 0.5) is 10.5 Å². The predicted molar refractivity (Wildman–Crippen MR) is 140 cm³/mol. The Hall–Kier alpha value is -4.33. The average molecular weight is 502 g/mol. The van der Waals surface area contributed by atoms with Crippen molar-refractivity contribution in [3.05, 3.63) is 96.1 Å². The number of carbonyl (C=O) groups is 3. The van der Waals surface area contributed by atoms with Gasteiger partial charge in [0.2, 0.25) is 5.91 Å². The molecule has 1 aliphatic rings. The first-order chi connectivity index (χ1) is 18.0. The highest BCUT2D eigenvalue weighted by molar-refractivity contribution is 5.99. The normalized spacial score (nSPS) is 15.5. The van der Waals surface area contributed by atoms with E-state index in [1.807, 2.05) is 60.7 Å². The molecule has 1 fully saturated rings. The predicted octanol–water partition coefficient (Wildman–Crippen LogP) is 4.63. The zero-order chi connectivity index (χ0) is 26.2. The van der Waals surface area contributed by atoms with E-state index >= 15 is 0 Å². The molecule has 0 radical (unpaired) electrons. The zero-order valence-corrected chi connectivity index (χ0v) is 21.0. The second-order valence-electron chi connectivity index (χ2n) is 8.87. The van der Waals surface area contributed by atoms with Gasteiger partial charge in [-0.2, -0.15) is 0 Å². The Morgan fingerprint density at radius 1 is 0.973 bits per heavy atom. The van der Waals surface area contributed by atoms with Crippen molar-refractivity contribution in [2.45, 2.75) is 31.5 Å². The number of ether oxygens (including phenoxy) is 2. The molecule has 0 spiro atoms. The second kappa shape index (κ2) is 12.1. The number of carbonyl (C=O) groups excluding carboxylic acids is 3. The van der Waals surface area contributed by atoms with Gasteiger partial charge in [-0.1, -0.05) is 60.7 Å². The standard InChI is InChI=1S/C29H31N3O5/c1-31(28(34)25-14-9-19-32(25)29(35)37-20-21-10-5-3-6-11-21)26(22-12-7-4-8-13-22)27(33)30-23-15-17-24(36-2)18-16-23/h3-8,10-13,15-18,25-26H,9,14,19-20H2,1-2H3,(H,30,33). The van der Waals surface area contributed by atoms with Gasteiger partial charge in [-0.3, -0.25) is 14.5 Å². The molecule has 1 aliphatic heterocycles. The molecule has 8 nitrogen and oxygen atoms in total. The summed E-state index contributed by atoms with van der Waals surface area (Å²) < 4.78 is 10.7. The SMILES string of the molecule is COc1ccc(NC(=O)C(c2ccccc2)N(C)C(=O)C2CCCN2C(=O)OCc2ccccc2)cc1. The van der Waals surface area contributed by atoms with Crippen LogP contribution in [-0.4, -0.2) is 54.5 Å². The smallest absolute Gasteiger partial charge is 0.410 e. The highest BCUT2D eigenvalue weighted by atomic mass is 16.6. The fourth-order valence-corrected chi connectivity index (χ4v) is 4.48. The minimum atomic E-state index is -0.890. The van der Waals surface area contributed by atoms with E-state index in [4.69, 9.17) is 9.47 Å². The Morgan fingerprint density at radius 3 is 2.27 bits per heavy atom. The molecule has 2 atom stereocenters. The van der Waals surface area contributed by atoms with Crippen LogP contribution in [-0.2, 0) is 20.9 Å². The molecule has 8 heteroatoms. The molecular formula is C29H31N3O5. The van der Waals surface area contributed by atoms with Crippen LogP contribution >= 0.6 is 0 Å². The summed E-state index contributed by atoms with van der Waals surface area (Å²) in [5, 5.41) is 2.90. The number of rotatable bonds is 8. The molecule has 37 heavy (non-hydrogen) atoms. The number of amides is 3. The van der Waals surface area contributed by atoms with Crippen LogP contribution in [0.1, 0.15) is 30.0 Å². The van der Waals surface area contributed by atoms with E-state index in [-0.39, 0.29) is 18.4 Å². The number of nitrogens with one attached hydrogen (secondary N) is 1. The fourth-order valence-electron chi connectivity index (χ4n) is 4.48. The van der Waals surface area contributed by atoms with Crippen LogP contribution in [0.15, 0.2) is 84.9 Å². The summed E-state index contributed by atoms with van der Waals surface area (Å²) in [5.41, 5.74) is 2.12. The van der Waals surface area contributed by atoms with Crippen molar-refractivity contribution >= 4 is 23.6 Å². The van der Waals surface area contributed by atoms with Gasteiger partial charge in [-0.25, -0.2) is 4.79 Å². The van der Waals surface area contributed by atoms with E-state index in [0.717, 1.165) is 5.56 Å². The Labute approximate surface area is 216 Å². The van der Waals surface area contributed by atoms with Crippen LogP contribution in [0.3, 0.4) is 0 Å². The van der Waals surface area contributed by atoms with E-state index in [1.54, 1.807) is 38.4 Å². The van der Waals surface area contributed by atoms with E-state index < -0.39 is 18.2 Å². The van der Waals surface area contributed by atoms with Crippen LogP contribution in [0.25, 0.3) is 0 Å². The van der Waals surface area contributed by atoms with E-state index in [1.165, 1.54) is 9.80 Å². The largest absolute Gasteiger partial charge is 0.497 e. The fraction of sp³-hybridized carbons (Fsp3) is 0.276. The summed E-state index contributed by atoms with van der Waals surface area (Å²) in [7, 11) is 3.17. The molecule has 0 bridgehead atoms. The maximum absolute atomic E-state index is 13.7. The Kier molecular flexibility index (Phi) is 8.40. The van der Waals surface area contributed by atoms with Gasteiger partial charge in [0.1, 0.15) is 24.4 Å². The van der Waals surface area contributed by atoms with E-state index in [2.05, 4.69) is 5.32 Å². The molecule has 1 heterocycles. The third kappa shape index (κ3) is 6.27. The van der Waals surface area contributed by atoms with Crippen molar-refractivity contribution in [1.29, 1.82) is 0 Å². The average Bonchev–Trinajstić information content (AvgIpc) is 3.43. The summed E-state index contributed by atoms with van der Waals surface area (Å²) >= 11 is 0. The van der Waals surface area contributed by atoms with E-state index in [0.29, 0.717) is 36.4 Å². The highest BCUT2D eigenvalue weighted by Crippen LogP contribution is 2.27. The van der Waals surface area contributed by atoms with Crippen molar-refractivity contribution in [1.82, 2.24) is 9.80 Å². The first-order valence-corrected chi connectivity index (χ1v) is 12.2. The minimum absolute atomic E-state index is 0.129. The van der Waals surface area contributed by atoms with Gasteiger partial charge < -0.3 is 19.7 Å². The molecule has 0 aliphatic carbocycles. The topological polar surface area (TPSA) is 88.2 Å². The number of hydrogen-bond donors (Lipinski definition) is 1. The van der Waals surface area contributed by atoms with Gasteiger partial charge in [0.15, 0.2) is 0 Å². The summed E-state index contributed by atoms with van der Waals surface area (Å²) in [6.45, 7) is 0.551. The van der Waals surface area contributed by atoms with Crippen molar-refractivity contribution in [2.24, 2.45) is 0 Å². The van der Waals surface area contributed by atoms with Crippen LogP contribution in [0.5, 0.6) is 5.75 Å². The van der Waals surface area contributed by atoms with Crippen molar-refractivity contribution in [3.8, 4) is 5.75 Å². The minimum Gasteiger partial charge on any atom is -0.497 e. The molecule has 4 rings (SSSR count). The van der Waals surface area contributed by atoms with Gasteiger partial charge in [-0.15, -0.1) is 0 Å². The zero-order valence-electron chi connectivity index (χ0n) is 21.0. The number of likely N-dealkylation sites (N-methyl/N-ethyl adjacent to an activating group) is 1. The van der Waals surface area contributed by atoms with Crippen LogP contribution < -0.4 is 10.1 Å². The molecule has 1 N–H and O–H groups in total. The van der Waals surface area contributed by atoms with Crippen LogP contribution in [0.2, 0.25) is 0 Å². The van der Waals surface area contributed by atoms with Gasteiger partial charge in [0.25, 0.3) is 5.91 Å². The summed E-state index contributed by atoms with van der Waals surface area (Å²) in [6.07, 6.45) is 0.649. The summed E-state index contributed by atoms with van der Waals surface area (Å²) in [6, 6.07) is 23.9. The summed E-state index contributed by atoms with van der Waals surface area (Å²) in [4.78, 5) is 42.9. The molecule has 2 unspecified atom stereocenters. The maximum Gasteiger partial charge on any atom is 0.410 e. The number of benzene rings is 3. The lowest BCUT2D eigenvalue weighted by Gasteiger charge is -2.32. The Morgan fingerprint density at radius 2 is 1.62 bits per heavy atom. The number of nitrogens with zero attached hydrogens (tertiary/aromatic N) is 2.